The van der Waals surface area contributed by atoms with Crippen molar-refractivity contribution in [3.8, 4) is 0 Å². The van der Waals surface area contributed by atoms with Gasteiger partial charge in [0.25, 0.3) is 5.91 Å². The molecule has 1 aliphatic rings. The van der Waals surface area contributed by atoms with E-state index in [4.69, 9.17) is 11.6 Å². The SMILES string of the molecule is CC1CCCCCC1NC(=O)c1nnc(Cl)s1. The standard InChI is InChI=1S/C11H16ClN3OS/c1-7-5-3-2-4-6-8(7)13-9(16)10-14-15-11(12)17-10/h7-8H,2-6H2,1H3,(H,13,16). The number of rotatable bonds is 2. The lowest BCUT2D eigenvalue weighted by molar-refractivity contribution is 0.0920. The van der Waals surface area contributed by atoms with Gasteiger partial charge in [-0.2, -0.15) is 0 Å². The van der Waals surface area contributed by atoms with E-state index < -0.39 is 0 Å². The highest BCUT2D eigenvalue weighted by molar-refractivity contribution is 7.17. The van der Waals surface area contributed by atoms with E-state index in [1.807, 2.05) is 0 Å². The molecule has 17 heavy (non-hydrogen) atoms. The van der Waals surface area contributed by atoms with Gasteiger partial charge in [0.2, 0.25) is 9.47 Å². The minimum atomic E-state index is -0.145. The first kappa shape index (κ1) is 12.8. The average molecular weight is 274 g/mol. The molecule has 1 fully saturated rings. The lowest BCUT2D eigenvalue weighted by atomic mass is 9.97. The molecule has 0 aromatic carbocycles. The maximum Gasteiger partial charge on any atom is 0.282 e. The Bertz CT molecular complexity index is 396. The summed E-state index contributed by atoms with van der Waals surface area (Å²) < 4.78 is 0.309. The Kier molecular flexibility index (Phi) is 4.34. The fraction of sp³-hybridized carbons (Fsp3) is 0.727. The molecular formula is C11H16ClN3OS. The molecule has 1 aromatic heterocycles. The second-order valence-electron chi connectivity index (χ2n) is 4.56. The third-order valence-corrected chi connectivity index (χ3v) is 4.29. The fourth-order valence-corrected chi connectivity index (χ4v) is 2.97. The second-order valence-corrected chi connectivity index (χ2v) is 6.12. The Morgan fingerprint density at radius 2 is 2.12 bits per heavy atom. The number of nitrogens with one attached hydrogen (secondary N) is 1. The number of amides is 1. The van der Waals surface area contributed by atoms with Crippen LogP contribution in [0.4, 0.5) is 0 Å². The first-order valence-corrected chi connectivity index (χ1v) is 7.16. The number of halogens is 1. The average Bonchev–Trinajstić information content (AvgIpc) is 2.63. The van der Waals surface area contributed by atoms with Crippen LogP contribution in [-0.4, -0.2) is 22.1 Å². The predicted octanol–water partition coefficient (Wildman–Crippen LogP) is 2.89. The Morgan fingerprint density at radius 3 is 2.82 bits per heavy atom. The van der Waals surface area contributed by atoms with Gasteiger partial charge >= 0.3 is 0 Å². The summed E-state index contributed by atoms with van der Waals surface area (Å²) >= 11 is 6.79. The molecule has 1 heterocycles. The summed E-state index contributed by atoms with van der Waals surface area (Å²) in [6, 6.07) is 0.257. The zero-order chi connectivity index (χ0) is 12.3. The number of hydrogen-bond acceptors (Lipinski definition) is 4. The lowest BCUT2D eigenvalue weighted by Crippen LogP contribution is -2.38. The van der Waals surface area contributed by atoms with E-state index in [1.165, 1.54) is 25.7 Å². The van der Waals surface area contributed by atoms with Crippen molar-refractivity contribution >= 4 is 28.8 Å². The van der Waals surface area contributed by atoms with Crippen molar-refractivity contribution in [2.45, 2.75) is 45.1 Å². The molecule has 0 radical (unpaired) electrons. The van der Waals surface area contributed by atoms with Gasteiger partial charge in [-0.05, 0) is 30.4 Å². The number of aromatic nitrogens is 2. The molecule has 94 valence electrons. The second kappa shape index (κ2) is 5.78. The molecule has 2 rings (SSSR count). The van der Waals surface area contributed by atoms with Gasteiger partial charge in [-0.15, -0.1) is 10.2 Å². The summed E-state index contributed by atoms with van der Waals surface area (Å²) in [7, 11) is 0. The van der Waals surface area contributed by atoms with Crippen LogP contribution in [0.3, 0.4) is 0 Å². The predicted molar refractivity (Wildman–Crippen MR) is 68.4 cm³/mol. The lowest BCUT2D eigenvalue weighted by Gasteiger charge is -2.21. The molecule has 1 aliphatic carbocycles. The fourth-order valence-electron chi connectivity index (χ4n) is 2.23. The number of hydrogen-bond donors (Lipinski definition) is 1. The van der Waals surface area contributed by atoms with E-state index in [0.29, 0.717) is 15.4 Å². The number of carbonyl (C=O) groups is 1. The van der Waals surface area contributed by atoms with Gasteiger partial charge in [-0.3, -0.25) is 4.79 Å². The highest BCUT2D eigenvalue weighted by Gasteiger charge is 2.23. The van der Waals surface area contributed by atoms with Crippen LogP contribution < -0.4 is 5.32 Å². The zero-order valence-electron chi connectivity index (χ0n) is 9.78. The molecule has 2 unspecified atom stereocenters. The molecule has 0 spiro atoms. The van der Waals surface area contributed by atoms with Gasteiger partial charge in [0.15, 0.2) is 0 Å². The Morgan fingerprint density at radius 1 is 1.35 bits per heavy atom. The quantitative estimate of drug-likeness (QED) is 0.843. The van der Waals surface area contributed by atoms with Gasteiger partial charge in [-0.1, -0.05) is 37.5 Å². The molecule has 2 atom stereocenters. The van der Waals surface area contributed by atoms with Crippen LogP contribution in [0, 0.1) is 5.92 Å². The smallest absolute Gasteiger partial charge is 0.282 e. The summed E-state index contributed by atoms with van der Waals surface area (Å²) in [4.78, 5) is 11.9. The molecule has 0 bridgehead atoms. The van der Waals surface area contributed by atoms with Crippen molar-refractivity contribution in [1.82, 2.24) is 15.5 Å². The minimum Gasteiger partial charge on any atom is -0.347 e. The topological polar surface area (TPSA) is 54.9 Å². The Hall–Kier alpha value is -0.680. The van der Waals surface area contributed by atoms with Gasteiger partial charge in [0.05, 0.1) is 0 Å². The molecule has 4 nitrogen and oxygen atoms in total. The summed E-state index contributed by atoms with van der Waals surface area (Å²) in [5, 5.41) is 10.8. The van der Waals surface area contributed by atoms with Gasteiger partial charge < -0.3 is 5.32 Å². The largest absolute Gasteiger partial charge is 0.347 e. The molecule has 0 saturated heterocycles. The number of carbonyl (C=O) groups excluding carboxylic acids is 1. The number of nitrogens with zero attached hydrogens (tertiary/aromatic N) is 2. The van der Waals surface area contributed by atoms with Gasteiger partial charge in [0.1, 0.15) is 0 Å². The highest BCUT2D eigenvalue weighted by Crippen LogP contribution is 2.23. The van der Waals surface area contributed by atoms with Gasteiger partial charge in [0, 0.05) is 6.04 Å². The van der Waals surface area contributed by atoms with E-state index in [9.17, 15) is 4.79 Å². The van der Waals surface area contributed by atoms with Crippen molar-refractivity contribution < 1.29 is 4.79 Å². The van der Waals surface area contributed by atoms with E-state index in [-0.39, 0.29) is 11.9 Å². The van der Waals surface area contributed by atoms with Crippen LogP contribution >= 0.6 is 22.9 Å². The Balaban J connectivity index is 1.97. The monoisotopic (exact) mass is 273 g/mol. The van der Waals surface area contributed by atoms with Gasteiger partial charge in [-0.25, -0.2) is 0 Å². The summed E-state index contributed by atoms with van der Waals surface area (Å²) in [5.74, 6) is 0.387. The van der Waals surface area contributed by atoms with Crippen molar-refractivity contribution in [3.63, 3.8) is 0 Å². The molecular weight excluding hydrogens is 258 g/mol. The molecule has 0 aliphatic heterocycles. The van der Waals surface area contributed by atoms with Crippen LogP contribution in [0.5, 0.6) is 0 Å². The van der Waals surface area contributed by atoms with Crippen molar-refractivity contribution in [2.24, 2.45) is 5.92 Å². The third kappa shape index (κ3) is 3.39. The Labute approximate surface area is 110 Å². The molecule has 1 saturated carbocycles. The van der Waals surface area contributed by atoms with Crippen molar-refractivity contribution in [3.05, 3.63) is 9.47 Å². The van der Waals surface area contributed by atoms with Crippen LogP contribution in [0.2, 0.25) is 4.47 Å². The maximum atomic E-state index is 11.9. The molecule has 1 aromatic rings. The molecule has 1 amide bonds. The highest BCUT2D eigenvalue weighted by atomic mass is 35.5. The maximum absolute atomic E-state index is 11.9. The first-order valence-electron chi connectivity index (χ1n) is 5.96. The summed E-state index contributed by atoms with van der Waals surface area (Å²) in [6.45, 7) is 2.20. The normalized spacial score (nSPS) is 25.3. The van der Waals surface area contributed by atoms with Crippen molar-refractivity contribution in [1.29, 1.82) is 0 Å². The van der Waals surface area contributed by atoms with Crippen LogP contribution in [-0.2, 0) is 0 Å². The third-order valence-electron chi connectivity index (χ3n) is 3.27. The summed E-state index contributed by atoms with van der Waals surface area (Å²) in [5.41, 5.74) is 0. The van der Waals surface area contributed by atoms with Crippen LogP contribution in [0.25, 0.3) is 0 Å². The molecule has 6 heteroatoms. The zero-order valence-corrected chi connectivity index (χ0v) is 11.4. The van der Waals surface area contributed by atoms with E-state index in [1.54, 1.807) is 0 Å². The first-order chi connectivity index (χ1) is 8.16. The van der Waals surface area contributed by atoms with Crippen molar-refractivity contribution in [2.75, 3.05) is 0 Å². The van der Waals surface area contributed by atoms with Crippen LogP contribution in [0.1, 0.15) is 48.8 Å². The van der Waals surface area contributed by atoms with Crippen LogP contribution in [0.15, 0.2) is 0 Å². The van der Waals surface area contributed by atoms with E-state index >= 15 is 0 Å². The summed E-state index contributed by atoms with van der Waals surface area (Å²) in [6.07, 6.45) is 5.95. The van der Waals surface area contributed by atoms with E-state index in [0.717, 1.165) is 17.8 Å². The minimum absolute atomic E-state index is 0.145. The van der Waals surface area contributed by atoms with E-state index in [2.05, 4.69) is 22.4 Å². The molecule has 1 N–H and O–H groups in total.